The summed E-state index contributed by atoms with van der Waals surface area (Å²) in [7, 11) is 0. The van der Waals surface area contributed by atoms with E-state index < -0.39 is 0 Å². The maximum atomic E-state index is 5.57. The maximum Gasteiger partial charge on any atom is 0.321 e. The van der Waals surface area contributed by atoms with Crippen molar-refractivity contribution < 1.29 is 9.26 Å². The van der Waals surface area contributed by atoms with E-state index >= 15 is 0 Å². The van der Waals surface area contributed by atoms with E-state index in [0.29, 0.717) is 29.4 Å². The summed E-state index contributed by atoms with van der Waals surface area (Å²) in [5.74, 6) is 2.60. The van der Waals surface area contributed by atoms with E-state index in [0.717, 1.165) is 24.8 Å². The molecule has 0 aliphatic carbocycles. The Morgan fingerprint density at radius 1 is 1.12 bits per heavy atom. The first-order valence-corrected chi connectivity index (χ1v) is 8.12. The minimum absolute atomic E-state index is 0.317. The molecule has 0 amide bonds. The Morgan fingerprint density at radius 2 is 1.88 bits per heavy atom. The molecule has 2 heterocycles. The molecule has 0 spiro atoms. The quantitative estimate of drug-likeness (QED) is 0.645. The molecule has 3 aromatic rings. The molecule has 2 aromatic heterocycles. The zero-order valence-corrected chi connectivity index (χ0v) is 13.8. The standard InChI is InChI=1S/C18H20N4O2/c1-3-13(2)5-10-16-21-17(22-24-16)14-6-8-15(9-7-14)23-18-19-11-4-12-20-18/h4,6-9,11-13H,3,5,10H2,1-2H3. The monoisotopic (exact) mass is 324 g/mol. The molecule has 1 unspecified atom stereocenters. The Bertz CT molecular complexity index is 756. The van der Waals surface area contributed by atoms with E-state index in [4.69, 9.17) is 9.26 Å². The zero-order chi connectivity index (χ0) is 16.8. The summed E-state index contributed by atoms with van der Waals surface area (Å²) in [6, 6.07) is 9.51. The minimum atomic E-state index is 0.317. The largest absolute Gasteiger partial charge is 0.424 e. The van der Waals surface area contributed by atoms with Gasteiger partial charge in [0.15, 0.2) is 0 Å². The van der Waals surface area contributed by atoms with Gasteiger partial charge in [-0.3, -0.25) is 0 Å². The number of benzene rings is 1. The van der Waals surface area contributed by atoms with Gasteiger partial charge in [-0.2, -0.15) is 4.98 Å². The van der Waals surface area contributed by atoms with Crippen LogP contribution < -0.4 is 4.74 Å². The summed E-state index contributed by atoms with van der Waals surface area (Å²) in [6.07, 6.45) is 6.30. The predicted octanol–water partition coefficient (Wildman–Crippen LogP) is 4.30. The van der Waals surface area contributed by atoms with Crippen molar-refractivity contribution in [3.05, 3.63) is 48.6 Å². The number of hydrogen-bond donors (Lipinski definition) is 0. The molecule has 3 rings (SSSR count). The first kappa shape index (κ1) is 16.1. The van der Waals surface area contributed by atoms with Gasteiger partial charge in [-0.15, -0.1) is 0 Å². The first-order chi connectivity index (χ1) is 11.7. The van der Waals surface area contributed by atoms with Gasteiger partial charge in [-0.05, 0) is 42.7 Å². The molecule has 1 aromatic carbocycles. The Labute approximate surface area is 140 Å². The van der Waals surface area contributed by atoms with Crippen molar-refractivity contribution in [3.63, 3.8) is 0 Å². The predicted molar refractivity (Wildman–Crippen MR) is 89.6 cm³/mol. The van der Waals surface area contributed by atoms with Gasteiger partial charge in [0.2, 0.25) is 11.7 Å². The molecule has 0 aliphatic heterocycles. The highest BCUT2D eigenvalue weighted by Gasteiger charge is 2.10. The lowest BCUT2D eigenvalue weighted by Crippen LogP contribution is -1.95. The van der Waals surface area contributed by atoms with Crippen LogP contribution in [0.1, 0.15) is 32.6 Å². The molecule has 6 nitrogen and oxygen atoms in total. The third-order valence-electron chi connectivity index (χ3n) is 3.88. The van der Waals surface area contributed by atoms with Crippen LogP contribution in [0.15, 0.2) is 47.2 Å². The fraction of sp³-hybridized carbons (Fsp3) is 0.333. The van der Waals surface area contributed by atoms with Gasteiger partial charge >= 0.3 is 6.01 Å². The molecular weight excluding hydrogens is 304 g/mol. The molecule has 0 bridgehead atoms. The van der Waals surface area contributed by atoms with E-state index in [1.54, 1.807) is 18.5 Å². The van der Waals surface area contributed by atoms with E-state index in [2.05, 4.69) is 34.0 Å². The molecule has 6 heteroatoms. The van der Waals surface area contributed by atoms with Crippen LogP contribution in [0.5, 0.6) is 11.8 Å². The first-order valence-electron chi connectivity index (χ1n) is 8.12. The third kappa shape index (κ3) is 4.16. The topological polar surface area (TPSA) is 73.9 Å². The molecule has 0 saturated heterocycles. The van der Waals surface area contributed by atoms with Gasteiger partial charge in [0.05, 0.1) is 0 Å². The van der Waals surface area contributed by atoms with Crippen molar-refractivity contribution in [2.45, 2.75) is 33.1 Å². The molecule has 0 saturated carbocycles. The highest BCUT2D eigenvalue weighted by Crippen LogP contribution is 2.23. The van der Waals surface area contributed by atoms with Gasteiger partial charge in [-0.1, -0.05) is 25.4 Å². The Kier molecular flexibility index (Phi) is 5.15. The van der Waals surface area contributed by atoms with Gasteiger partial charge in [0, 0.05) is 24.4 Å². The molecular formula is C18H20N4O2. The molecule has 0 fully saturated rings. The molecule has 0 radical (unpaired) electrons. The summed E-state index contributed by atoms with van der Waals surface area (Å²) in [5, 5.41) is 4.05. The molecule has 24 heavy (non-hydrogen) atoms. The highest BCUT2D eigenvalue weighted by molar-refractivity contribution is 5.55. The summed E-state index contributed by atoms with van der Waals surface area (Å²) in [4.78, 5) is 12.5. The smallest absolute Gasteiger partial charge is 0.321 e. The third-order valence-corrected chi connectivity index (χ3v) is 3.88. The van der Waals surface area contributed by atoms with Gasteiger partial charge in [0.25, 0.3) is 0 Å². The van der Waals surface area contributed by atoms with Gasteiger partial charge in [0.1, 0.15) is 5.75 Å². The molecule has 0 N–H and O–H groups in total. The Hall–Kier alpha value is -2.76. The molecule has 0 aliphatic rings. The number of hydrogen-bond acceptors (Lipinski definition) is 6. The SMILES string of the molecule is CCC(C)CCc1nc(-c2ccc(Oc3ncccn3)cc2)no1. The van der Waals surface area contributed by atoms with Gasteiger partial charge in [-0.25, -0.2) is 9.97 Å². The number of nitrogens with zero attached hydrogens (tertiary/aromatic N) is 4. The zero-order valence-electron chi connectivity index (χ0n) is 13.8. The number of aromatic nitrogens is 4. The van der Waals surface area contributed by atoms with Gasteiger partial charge < -0.3 is 9.26 Å². The fourth-order valence-corrected chi connectivity index (χ4v) is 2.16. The van der Waals surface area contributed by atoms with Crippen molar-refractivity contribution in [1.29, 1.82) is 0 Å². The second-order valence-corrected chi connectivity index (χ2v) is 5.72. The summed E-state index contributed by atoms with van der Waals surface area (Å²) >= 11 is 0. The summed E-state index contributed by atoms with van der Waals surface area (Å²) in [5.41, 5.74) is 0.884. The maximum absolute atomic E-state index is 5.57. The average Bonchev–Trinajstić information content (AvgIpc) is 3.10. The van der Waals surface area contributed by atoms with E-state index in [1.165, 1.54) is 0 Å². The van der Waals surface area contributed by atoms with Crippen LogP contribution in [0.2, 0.25) is 0 Å². The van der Waals surface area contributed by atoms with Crippen molar-refractivity contribution in [1.82, 2.24) is 20.1 Å². The average molecular weight is 324 g/mol. The lowest BCUT2D eigenvalue weighted by Gasteiger charge is -2.04. The van der Waals surface area contributed by atoms with Crippen LogP contribution in [0.25, 0.3) is 11.4 Å². The van der Waals surface area contributed by atoms with E-state index in [9.17, 15) is 0 Å². The number of ether oxygens (including phenoxy) is 1. The molecule has 1 atom stereocenters. The van der Waals surface area contributed by atoms with E-state index in [1.807, 2.05) is 24.3 Å². The molecule has 124 valence electrons. The summed E-state index contributed by atoms with van der Waals surface area (Å²) < 4.78 is 10.9. The lowest BCUT2D eigenvalue weighted by molar-refractivity contribution is 0.364. The van der Waals surface area contributed by atoms with Crippen LogP contribution in [0.3, 0.4) is 0 Å². The van der Waals surface area contributed by atoms with Crippen LogP contribution in [0, 0.1) is 5.92 Å². The second kappa shape index (κ2) is 7.68. The lowest BCUT2D eigenvalue weighted by atomic mass is 10.0. The minimum Gasteiger partial charge on any atom is -0.424 e. The second-order valence-electron chi connectivity index (χ2n) is 5.72. The van der Waals surface area contributed by atoms with Crippen molar-refractivity contribution in [2.75, 3.05) is 0 Å². The number of aryl methyl sites for hydroxylation is 1. The van der Waals surface area contributed by atoms with Crippen molar-refractivity contribution >= 4 is 0 Å². The highest BCUT2D eigenvalue weighted by atomic mass is 16.5. The van der Waals surface area contributed by atoms with E-state index in [-0.39, 0.29) is 0 Å². The summed E-state index contributed by atoms with van der Waals surface area (Å²) in [6.45, 7) is 4.42. The van der Waals surface area contributed by atoms with Crippen molar-refractivity contribution in [3.8, 4) is 23.1 Å². The van der Waals surface area contributed by atoms with Crippen LogP contribution in [0.4, 0.5) is 0 Å². The Morgan fingerprint density at radius 3 is 2.58 bits per heavy atom. The number of rotatable bonds is 7. The normalized spacial score (nSPS) is 12.1. The van der Waals surface area contributed by atoms with Crippen LogP contribution in [-0.2, 0) is 6.42 Å². The Balaban J connectivity index is 1.64. The fourth-order valence-electron chi connectivity index (χ4n) is 2.16. The van der Waals surface area contributed by atoms with Crippen LogP contribution in [-0.4, -0.2) is 20.1 Å². The van der Waals surface area contributed by atoms with Crippen molar-refractivity contribution in [2.24, 2.45) is 5.92 Å². The van der Waals surface area contributed by atoms with Crippen LogP contribution >= 0.6 is 0 Å².